The Morgan fingerprint density at radius 2 is 2.11 bits per heavy atom. The van der Waals surface area contributed by atoms with Crippen LogP contribution in [0.25, 0.3) is 0 Å². The zero-order valence-electron chi connectivity index (χ0n) is 10.2. The monoisotopic (exact) mass is 250 g/mol. The van der Waals surface area contributed by atoms with Crippen LogP contribution in [0.15, 0.2) is 36.1 Å². The molecular weight excluding hydrogens is 236 g/mol. The van der Waals surface area contributed by atoms with Gasteiger partial charge in [-0.25, -0.2) is 4.79 Å². The van der Waals surface area contributed by atoms with Crippen molar-refractivity contribution in [2.75, 3.05) is 13.7 Å². The van der Waals surface area contributed by atoms with Crippen LogP contribution in [-0.2, 0) is 9.53 Å². The van der Waals surface area contributed by atoms with E-state index in [1.807, 2.05) is 0 Å². The number of ketones is 1. The lowest BCUT2D eigenvalue weighted by atomic mass is 10.1. The molecule has 0 bridgehead atoms. The first-order valence-corrected chi connectivity index (χ1v) is 5.34. The quantitative estimate of drug-likeness (QED) is 0.374. The second-order valence-corrected chi connectivity index (χ2v) is 3.35. The number of hydrogen-bond donors (Lipinski definition) is 1. The average molecular weight is 250 g/mol. The number of aliphatic hydroxyl groups excluding tert-OH is 1. The van der Waals surface area contributed by atoms with Crippen molar-refractivity contribution < 1.29 is 24.2 Å². The molecule has 0 radical (unpaired) electrons. The number of benzene rings is 1. The van der Waals surface area contributed by atoms with Crippen molar-refractivity contribution in [2.24, 2.45) is 0 Å². The molecule has 0 aliphatic carbocycles. The molecule has 0 amide bonds. The first kappa shape index (κ1) is 13.8. The van der Waals surface area contributed by atoms with Crippen molar-refractivity contribution in [3.63, 3.8) is 0 Å². The normalized spacial score (nSPS) is 10.9. The summed E-state index contributed by atoms with van der Waals surface area (Å²) in [7, 11) is 1.48. The fourth-order valence-electron chi connectivity index (χ4n) is 1.25. The van der Waals surface area contributed by atoms with Crippen LogP contribution in [-0.4, -0.2) is 30.6 Å². The van der Waals surface area contributed by atoms with Gasteiger partial charge in [-0.2, -0.15) is 0 Å². The van der Waals surface area contributed by atoms with Crippen LogP contribution in [0.2, 0.25) is 0 Å². The van der Waals surface area contributed by atoms with Gasteiger partial charge in [-0.15, -0.1) is 0 Å². The predicted octanol–water partition coefficient (Wildman–Crippen LogP) is 1.88. The standard InChI is InChI=1S/C13H14O5/c1-3-18-13(16)12(15)8-11(14)9-5-4-6-10(7-9)17-2/h4-8,15H,3H2,1-2H3/b12-8-. The van der Waals surface area contributed by atoms with Crippen LogP contribution in [0.1, 0.15) is 17.3 Å². The first-order chi connectivity index (χ1) is 8.58. The van der Waals surface area contributed by atoms with Crippen LogP contribution in [0.3, 0.4) is 0 Å². The number of allylic oxidation sites excluding steroid dienone is 1. The van der Waals surface area contributed by atoms with Gasteiger partial charge in [0.2, 0.25) is 5.76 Å². The highest BCUT2D eigenvalue weighted by molar-refractivity contribution is 6.08. The molecule has 0 saturated heterocycles. The molecule has 0 aliphatic rings. The van der Waals surface area contributed by atoms with E-state index < -0.39 is 17.5 Å². The maximum atomic E-state index is 11.7. The van der Waals surface area contributed by atoms with Gasteiger partial charge in [0.15, 0.2) is 5.78 Å². The van der Waals surface area contributed by atoms with E-state index in [1.54, 1.807) is 25.1 Å². The van der Waals surface area contributed by atoms with E-state index >= 15 is 0 Å². The lowest BCUT2D eigenvalue weighted by Gasteiger charge is -2.02. The van der Waals surface area contributed by atoms with Gasteiger partial charge in [-0.1, -0.05) is 12.1 Å². The van der Waals surface area contributed by atoms with E-state index in [2.05, 4.69) is 4.74 Å². The van der Waals surface area contributed by atoms with Crippen LogP contribution >= 0.6 is 0 Å². The summed E-state index contributed by atoms with van der Waals surface area (Å²) in [6.07, 6.45) is 0.826. The maximum Gasteiger partial charge on any atom is 0.373 e. The molecule has 1 aromatic carbocycles. The number of methoxy groups -OCH3 is 1. The largest absolute Gasteiger partial charge is 0.502 e. The smallest absolute Gasteiger partial charge is 0.373 e. The molecule has 1 N–H and O–H groups in total. The molecule has 0 spiro atoms. The lowest BCUT2D eigenvalue weighted by molar-refractivity contribution is -0.141. The summed E-state index contributed by atoms with van der Waals surface area (Å²) in [5.41, 5.74) is 0.310. The molecule has 5 heteroatoms. The Hall–Kier alpha value is -2.30. The highest BCUT2D eigenvalue weighted by Gasteiger charge is 2.12. The van der Waals surface area contributed by atoms with Gasteiger partial charge < -0.3 is 14.6 Å². The maximum absolute atomic E-state index is 11.7. The van der Waals surface area contributed by atoms with Gasteiger partial charge in [-0.05, 0) is 19.1 Å². The zero-order valence-corrected chi connectivity index (χ0v) is 10.2. The van der Waals surface area contributed by atoms with E-state index in [1.165, 1.54) is 13.2 Å². The summed E-state index contributed by atoms with van der Waals surface area (Å²) in [5.74, 6) is -1.62. The minimum Gasteiger partial charge on any atom is -0.502 e. The highest BCUT2D eigenvalue weighted by atomic mass is 16.5. The summed E-state index contributed by atoms with van der Waals surface area (Å²) < 4.78 is 9.52. The van der Waals surface area contributed by atoms with Gasteiger partial charge in [-0.3, -0.25) is 4.79 Å². The minimum absolute atomic E-state index is 0.129. The SMILES string of the molecule is CCOC(=O)/C(O)=C/C(=O)c1cccc(OC)c1. The van der Waals surface area contributed by atoms with Crippen molar-refractivity contribution in [3.8, 4) is 5.75 Å². The van der Waals surface area contributed by atoms with Gasteiger partial charge in [0.25, 0.3) is 0 Å². The van der Waals surface area contributed by atoms with E-state index in [0.29, 0.717) is 11.3 Å². The number of rotatable bonds is 5. The number of carbonyl (C=O) groups excluding carboxylic acids is 2. The van der Waals surface area contributed by atoms with Crippen LogP contribution < -0.4 is 4.74 Å². The predicted molar refractivity (Wildman–Crippen MR) is 64.7 cm³/mol. The molecule has 18 heavy (non-hydrogen) atoms. The van der Waals surface area contributed by atoms with Crippen LogP contribution in [0.5, 0.6) is 5.75 Å². The Morgan fingerprint density at radius 1 is 1.39 bits per heavy atom. The Bertz CT molecular complexity index is 476. The summed E-state index contributed by atoms with van der Waals surface area (Å²) in [6, 6.07) is 6.39. The lowest BCUT2D eigenvalue weighted by Crippen LogP contribution is -2.09. The molecule has 1 aromatic rings. The van der Waals surface area contributed by atoms with E-state index in [-0.39, 0.29) is 6.61 Å². The summed E-state index contributed by atoms with van der Waals surface area (Å²) in [4.78, 5) is 22.8. The molecule has 0 atom stereocenters. The van der Waals surface area contributed by atoms with Crippen LogP contribution in [0, 0.1) is 0 Å². The number of aliphatic hydroxyl groups is 1. The fourth-order valence-corrected chi connectivity index (χ4v) is 1.25. The van der Waals surface area contributed by atoms with Gasteiger partial charge in [0.05, 0.1) is 13.7 Å². The molecule has 0 aromatic heterocycles. The third kappa shape index (κ3) is 3.62. The molecule has 1 rings (SSSR count). The van der Waals surface area contributed by atoms with Crippen molar-refractivity contribution >= 4 is 11.8 Å². The average Bonchev–Trinajstić information content (AvgIpc) is 2.39. The molecule has 0 fully saturated rings. The molecule has 0 aliphatic heterocycles. The third-order valence-electron chi connectivity index (χ3n) is 2.11. The van der Waals surface area contributed by atoms with Gasteiger partial charge in [0.1, 0.15) is 5.75 Å². The van der Waals surface area contributed by atoms with E-state index in [0.717, 1.165) is 6.08 Å². The summed E-state index contributed by atoms with van der Waals surface area (Å²) in [5, 5.41) is 9.34. The first-order valence-electron chi connectivity index (χ1n) is 5.34. The Kier molecular flexibility index (Phi) is 4.92. The molecule has 0 heterocycles. The molecule has 0 saturated carbocycles. The van der Waals surface area contributed by atoms with E-state index in [9.17, 15) is 14.7 Å². The van der Waals surface area contributed by atoms with Crippen molar-refractivity contribution in [3.05, 3.63) is 41.7 Å². The zero-order chi connectivity index (χ0) is 13.5. The molecule has 0 unspecified atom stereocenters. The summed E-state index contributed by atoms with van der Waals surface area (Å²) in [6.45, 7) is 1.74. The number of esters is 1. The molecule has 5 nitrogen and oxygen atoms in total. The van der Waals surface area contributed by atoms with Crippen LogP contribution in [0.4, 0.5) is 0 Å². The molecular formula is C13H14O5. The van der Waals surface area contributed by atoms with Crippen molar-refractivity contribution in [2.45, 2.75) is 6.92 Å². The van der Waals surface area contributed by atoms with E-state index in [4.69, 9.17) is 4.74 Å². The topological polar surface area (TPSA) is 72.8 Å². The Balaban J connectivity index is 2.87. The number of hydrogen-bond acceptors (Lipinski definition) is 5. The van der Waals surface area contributed by atoms with Gasteiger partial charge >= 0.3 is 5.97 Å². The van der Waals surface area contributed by atoms with Gasteiger partial charge in [0, 0.05) is 11.6 Å². The third-order valence-corrected chi connectivity index (χ3v) is 2.11. The fraction of sp³-hybridized carbons (Fsp3) is 0.231. The summed E-state index contributed by atoms with van der Waals surface area (Å²) >= 11 is 0. The Labute approximate surface area is 105 Å². The van der Waals surface area contributed by atoms with Crippen molar-refractivity contribution in [1.82, 2.24) is 0 Å². The number of ether oxygens (including phenoxy) is 2. The molecule has 96 valence electrons. The second-order valence-electron chi connectivity index (χ2n) is 3.35. The Morgan fingerprint density at radius 3 is 2.72 bits per heavy atom. The number of carbonyl (C=O) groups is 2. The minimum atomic E-state index is -0.922. The highest BCUT2D eigenvalue weighted by Crippen LogP contribution is 2.13. The van der Waals surface area contributed by atoms with Crippen molar-refractivity contribution in [1.29, 1.82) is 0 Å². The second kappa shape index (κ2) is 6.44.